The zero-order valence-electron chi connectivity index (χ0n) is 11.7. The van der Waals surface area contributed by atoms with Gasteiger partial charge in [-0.05, 0) is 42.8 Å². The molecule has 3 nitrogen and oxygen atoms in total. The summed E-state index contributed by atoms with van der Waals surface area (Å²) in [6.45, 7) is 2.03. The van der Waals surface area contributed by atoms with Gasteiger partial charge in [-0.2, -0.15) is 0 Å². The van der Waals surface area contributed by atoms with Crippen LogP contribution < -0.4 is 11.1 Å². The van der Waals surface area contributed by atoms with Crippen molar-refractivity contribution < 1.29 is 4.39 Å². The quantitative estimate of drug-likeness (QED) is 0.710. The standard InChI is InChI=1S/C17H16FN3/c1-11(12-2-4-13(18)5-3-12)21-17-7-6-16(19)14-8-9-20-10-15(14)17/h2-11,21H,19H2,1H3. The predicted octanol–water partition coefficient (Wildman–Crippen LogP) is 4.13. The Morgan fingerprint density at radius 3 is 2.57 bits per heavy atom. The van der Waals surface area contributed by atoms with Crippen molar-refractivity contribution in [2.45, 2.75) is 13.0 Å². The predicted molar refractivity (Wildman–Crippen MR) is 84.6 cm³/mol. The first-order chi connectivity index (χ1) is 10.1. The highest BCUT2D eigenvalue weighted by molar-refractivity contribution is 6.00. The molecule has 2 aromatic carbocycles. The average Bonchev–Trinajstić information content (AvgIpc) is 2.51. The Labute approximate surface area is 122 Å². The summed E-state index contributed by atoms with van der Waals surface area (Å²) >= 11 is 0. The molecule has 0 spiro atoms. The third kappa shape index (κ3) is 2.65. The molecule has 4 heteroatoms. The van der Waals surface area contributed by atoms with E-state index in [1.165, 1.54) is 12.1 Å². The van der Waals surface area contributed by atoms with Crippen molar-refractivity contribution in [3.05, 3.63) is 66.2 Å². The third-order valence-corrected chi connectivity index (χ3v) is 3.59. The smallest absolute Gasteiger partial charge is 0.123 e. The summed E-state index contributed by atoms with van der Waals surface area (Å²) in [5, 5.41) is 5.38. The molecule has 1 heterocycles. The van der Waals surface area contributed by atoms with E-state index in [-0.39, 0.29) is 11.9 Å². The summed E-state index contributed by atoms with van der Waals surface area (Å²) in [4.78, 5) is 4.16. The van der Waals surface area contributed by atoms with Gasteiger partial charge in [0.2, 0.25) is 0 Å². The van der Waals surface area contributed by atoms with Crippen LogP contribution in [-0.2, 0) is 0 Å². The van der Waals surface area contributed by atoms with E-state index in [0.29, 0.717) is 0 Å². The Hall–Kier alpha value is -2.62. The second kappa shape index (κ2) is 5.40. The lowest BCUT2D eigenvalue weighted by atomic mass is 10.1. The third-order valence-electron chi connectivity index (χ3n) is 3.59. The number of hydrogen-bond acceptors (Lipinski definition) is 3. The minimum absolute atomic E-state index is 0.0534. The van der Waals surface area contributed by atoms with E-state index in [9.17, 15) is 4.39 Å². The lowest BCUT2D eigenvalue weighted by Gasteiger charge is -2.18. The fourth-order valence-electron chi connectivity index (χ4n) is 2.41. The number of aromatic nitrogens is 1. The summed E-state index contributed by atoms with van der Waals surface area (Å²) in [7, 11) is 0. The van der Waals surface area contributed by atoms with Gasteiger partial charge in [0.05, 0.1) is 0 Å². The fraction of sp³-hybridized carbons (Fsp3) is 0.118. The molecule has 0 saturated carbocycles. The molecule has 0 fully saturated rings. The molecule has 1 aromatic heterocycles. The SMILES string of the molecule is CC(Nc1ccc(N)c2ccncc12)c1ccc(F)cc1. The molecule has 3 N–H and O–H groups in total. The Bertz CT molecular complexity index is 769. The summed E-state index contributed by atoms with van der Waals surface area (Å²) in [6.07, 6.45) is 3.53. The zero-order valence-corrected chi connectivity index (χ0v) is 11.7. The molecular formula is C17H16FN3. The maximum Gasteiger partial charge on any atom is 0.123 e. The number of nitrogens with one attached hydrogen (secondary N) is 1. The lowest BCUT2D eigenvalue weighted by molar-refractivity contribution is 0.626. The normalized spacial score (nSPS) is 12.3. The molecular weight excluding hydrogens is 265 g/mol. The Morgan fingerprint density at radius 1 is 1.05 bits per heavy atom. The second-order valence-electron chi connectivity index (χ2n) is 5.04. The number of nitrogens with two attached hydrogens (primary N) is 1. The Morgan fingerprint density at radius 2 is 1.81 bits per heavy atom. The monoisotopic (exact) mass is 281 g/mol. The van der Waals surface area contributed by atoms with Crippen LogP contribution in [0.15, 0.2) is 54.9 Å². The molecule has 0 amide bonds. The Balaban J connectivity index is 1.95. The van der Waals surface area contributed by atoms with Crippen LogP contribution in [0.4, 0.5) is 15.8 Å². The molecule has 0 aliphatic heterocycles. The van der Waals surface area contributed by atoms with Crippen LogP contribution in [0.1, 0.15) is 18.5 Å². The molecule has 106 valence electrons. The number of fused-ring (bicyclic) bond motifs is 1. The van der Waals surface area contributed by atoms with Crippen LogP contribution in [0.3, 0.4) is 0 Å². The molecule has 0 aliphatic carbocycles. The first kappa shape index (κ1) is 13.4. The van der Waals surface area contributed by atoms with Crippen LogP contribution >= 0.6 is 0 Å². The van der Waals surface area contributed by atoms with E-state index < -0.39 is 0 Å². The van der Waals surface area contributed by atoms with E-state index in [0.717, 1.165) is 27.7 Å². The summed E-state index contributed by atoms with van der Waals surface area (Å²) in [6, 6.07) is 12.3. The van der Waals surface area contributed by atoms with Gasteiger partial charge in [-0.15, -0.1) is 0 Å². The fourth-order valence-corrected chi connectivity index (χ4v) is 2.41. The molecule has 3 rings (SSSR count). The van der Waals surface area contributed by atoms with Gasteiger partial charge in [0.15, 0.2) is 0 Å². The van der Waals surface area contributed by atoms with Crippen LogP contribution in [-0.4, -0.2) is 4.98 Å². The van der Waals surface area contributed by atoms with E-state index in [4.69, 9.17) is 5.73 Å². The molecule has 0 radical (unpaired) electrons. The van der Waals surface area contributed by atoms with Gasteiger partial charge < -0.3 is 11.1 Å². The van der Waals surface area contributed by atoms with Crippen molar-refractivity contribution in [1.82, 2.24) is 4.98 Å². The van der Waals surface area contributed by atoms with Crippen LogP contribution in [0.5, 0.6) is 0 Å². The molecule has 21 heavy (non-hydrogen) atoms. The number of pyridine rings is 1. The number of nitrogen functional groups attached to an aromatic ring is 1. The topological polar surface area (TPSA) is 50.9 Å². The first-order valence-corrected chi connectivity index (χ1v) is 6.79. The van der Waals surface area contributed by atoms with Gasteiger partial charge >= 0.3 is 0 Å². The first-order valence-electron chi connectivity index (χ1n) is 6.79. The minimum Gasteiger partial charge on any atom is -0.398 e. The molecule has 1 unspecified atom stereocenters. The average molecular weight is 281 g/mol. The highest BCUT2D eigenvalue weighted by atomic mass is 19.1. The van der Waals surface area contributed by atoms with Gasteiger partial charge in [0, 0.05) is 40.6 Å². The van der Waals surface area contributed by atoms with Crippen LogP contribution in [0, 0.1) is 5.82 Å². The van der Waals surface area contributed by atoms with Crippen molar-refractivity contribution in [2.24, 2.45) is 0 Å². The second-order valence-corrected chi connectivity index (χ2v) is 5.04. The van der Waals surface area contributed by atoms with Gasteiger partial charge in [-0.1, -0.05) is 12.1 Å². The van der Waals surface area contributed by atoms with Crippen LogP contribution in [0.2, 0.25) is 0 Å². The molecule has 3 aromatic rings. The minimum atomic E-state index is -0.229. The molecule has 1 atom stereocenters. The van der Waals surface area contributed by atoms with E-state index in [1.807, 2.05) is 25.1 Å². The van der Waals surface area contributed by atoms with Crippen molar-refractivity contribution in [2.75, 3.05) is 11.1 Å². The van der Waals surface area contributed by atoms with Crippen molar-refractivity contribution >= 4 is 22.1 Å². The van der Waals surface area contributed by atoms with Gasteiger partial charge in [-0.25, -0.2) is 4.39 Å². The lowest BCUT2D eigenvalue weighted by Crippen LogP contribution is -2.07. The number of nitrogens with zero attached hydrogens (tertiary/aromatic N) is 1. The highest BCUT2D eigenvalue weighted by Crippen LogP contribution is 2.30. The summed E-state index contributed by atoms with van der Waals surface area (Å²) < 4.78 is 13.0. The number of rotatable bonds is 3. The van der Waals surface area contributed by atoms with Gasteiger partial charge in [-0.3, -0.25) is 4.98 Å². The van der Waals surface area contributed by atoms with Gasteiger partial charge in [0.25, 0.3) is 0 Å². The molecule has 0 saturated heterocycles. The maximum atomic E-state index is 13.0. The largest absolute Gasteiger partial charge is 0.398 e. The van der Waals surface area contributed by atoms with E-state index in [1.54, 1.807) is 24.5 Å². The highest BCUT2D eigenvalue weighted by Gasteiger charge is 2.09. The van der Waals surface area contributed by atoms with Crippen molar-refractivity contribution in [1.29, 1.82) is 0 Å². The number of hydrogen-bond donors (Lipinski definition) is 2. The number of anilines is 2. The zero-order chi connectivity index (χ0) is 14.8. The summed E-state index contributed by atoms with van der Waals surface area (Å²) in [5.74, 6) is -0.229. The van der Waals surface area contributed by atoms with E-state index >= 15 is 0 Å². The molecule has 0 bridgehead atoms. The Kier molecular flexibility index (Phi) is 3.44. The van der Waals surface area contributed by atoms with E-state index in [2.05, 4.69) is 10.3 Å². The number of benzene rings is 2. The number of halogens is 1. The van der Waals surface area contributed by atoms with Crippen LogP contribution in [0.25, 0.3) is 10.8 Å². The molecule has 0 aliphatic rings. The van der Waals surface area contributed by atoms with Crippen molar-refractivity contribution in [3.63, 3.8) is 0 Å². The maximum absolute atomic E-state index is 13.0. The summed E-state index contributed by atoms with van der Waals surface area (Å²) in [5.41, 5.74) is 8.70. The van der Waals surface area contributed by atoms with Gasteiger partial charge in [0.1, 0.15) is 5.82 Å². The van der Waals surface area contributed by atoms with Crippen molar-refractivity contribution in [3.8, 4) is 0 Å².